The van der Waals surface area contributed by atoms with Gasteiger partial charge in [-0.2, -0.15) is 8.78 Å². The van der Waals surface area contributed by atoms with Crippen molar-refractivity contribution >= 4 is 10.8 Å². The topological polar surface area (TPSA) is 17.1 Å². The van der Waals surface area contributed by atoms with Crippen LogP contribution in [0.2, 0.25) is 0 Å². The molecule has 0 aliphatic rings. The summed E-state index contributed by atoms with van der Waals surface area (Å²) in [6.07, 6.45) is -3.77. The maximum atomic E-state index is 12.6. The Bertz CT molecular complexity index is 353. The minimum atomic E-state index is -4.18. The fraction of sp³-hybridized carbons (Fsp3) is 0.400. The zero-order valence-electron chi connectivity index (χ0n) is 8.21. The Morgan fingerprint density at radius 2 is 1.75 bits per heavy atom. The van der Waals surface area contributed by atoms with Gasteiger partial charge in [0.15, 0.2) is 0 Å². The number of hydrogen-bond acceptors (Lipinski definition) is 1. The van der Waals surface area contributed by atoms with Gasteiger partial charge in [-0.1, -0.05) is 30.3 Å². The summed E-state index contributed by atoms with van der Waals surface area (Å²) in [5.41, 5.74) is 0.589. The van der Waals surface area contributed by atoms with Gasteiger partial charge in [0.25, 0.3) is 0 Å². The van der Waals surface area contributed by atoms with E-state index in [0.717, 1.165) is 0 Å². The van der Waals surface area contributed by atoms with Crippen LogP contribution in [0.5, 0.6) is 0 Å². The second-order valence-corrected chi connectivity index (χ2v) is 4.73. The summed E-state index contributed by atoms with van der Waals surface area (Å²) in [6, 6.07) is 8.27. The van der Waals surface area contributed by atoms with E-state index in [1.807, 2.05) is 0 Å². The Morgan fingerprint density at radius 1 is 1.19 bits per heavy atom. The van der Waals surface area contributed by atoms with Gasteiger partial charge in [0.05, 0.1) is 5.75 Å². The second kappa shape index (κ2) is 5.43. The SMILES string of the molecule is O=[S@@](Cc1ccccc1)CC(F)(F)C(F)F. The van der Waals surface area contributed by atoms with E-state index in [1.165, 1.54) is 0 Å². The molecule has 0 aliphatic heterocycles. The minimum absolute atomic E-state index is 0.136. The van der Waals surface area contributed by atoms with E-state index in [0.29, 0.717) is 5.56 Å². The van der Waals surface area contributed by atoms with E-state index in [-0.39, 0.29) is 5.75 Å². The van der Waals surface area contributed by atoms with Crippen molar-refractivity contribution in [3.63, 3.8) is 0 Å². The van der Waals surface area contributed by atoms with Crippen LogP contribution in [0.15, 0.2) is 30.3 Å². The van der Waals surface area contributed by atoms with Crippen molar-refractivity contribution in [2.75, 3.05) is 5.75 Å². The number of hydrogen-bond donors (Lipinski definition) is 0. The van der Waals surface area contributed by atoms with Crippen molar-refractivity contribution in [2.24, 2.45) is 0 Å². The maximum absolute atomic E-state index is 12.6. The van der Waals surface area contributed by atoms with Gasteiger partial charge >= 0.3 is 12.3 Å². The highest BCUT2D eigenvalue weighted by Gasteiger charge is 2.42. The molecule has 16 heavy (non-hydrogen) atoms. The second-order valence-electron chi connectivity index (χ2n) is 3.28. The number of halogens is 4. The molecule has 0 N–H and O–H groups in total. The van der Waals surface area contributed by atoms with Crippen molar-refractivity contribution < 1.29 is 21.8 Å². The van der Waals surface area contributed by atoms with Crippen LogP contribution >= 0.6 is 0 Å². The smallest absolute Gasteiger partial charge is 0.259 e. The third-order valence-corrected chi connectivity index (χ3v) is 3.21. The number of benzene rings is 1. The van der Waals surface area contributed by atoms with Gasteiger partial charge in [0.1, 0.15) is 0 Å². The molecule has 0 spiro atoms. The first-order valence-corrected chi connectivity index (χ1v) is 5.95. The van der Waals surface area contributed by atoms with Crippen LogP contribution in [0, 0.1) is 0 Å². The van der Waals surface area contributed by atoms with Gasteiger partial charge in [0, 0.05) is 16.6 Å². The van der Waals surface area contributed by atoms with Gasteiger partial charge in [-0.05, 0) is 5.56 Å². The summed E-state index contributed by atoms with van der Waals surface area (Å²) >= 11 is 0. The standard InChI is InChI=1S/C10H10F4OS/c11-9(12)10(13,14)7-16(15)6-8-4-2-1-3-5-8/h1-5,9H,6-7H2/t16-/m0/s1. The van der Waals surface area contributed by atoms with Gasteiger partial charge in [-0.3, -0.25) is 4.21 Å². The van der Waals surface area contributed by atoms with Crippen LogP contribution in [0.4, 0.5) is 17.6 Å². The molecule has 0 radical (unpaired) electrons. The van der Waals surface area contributed by atoms with Crippen LogP contribution in [-0.4, -0.2) is 22.3 Å². The van der Waals surface area contributed by atoms with Crippen LogP contribution in [0.1, 0.15) is 5.56 Å². The van der Waals surface area contributed by atoms with E-state index in [2.05, 4.69) is 0 Å². The molecule has 0 unspecified atom stereocenters. The van der Waals surface area contributed by atoms with Crippen LogP contribution in [0.25, 0.3) is 0 Å². The zero-order chi connectivity index (χ0) is 12.2. The molecule has 90 valence electrons. The summed E-state index contributed by atoms with van der Waals surface area (Å²) < 4.78 is 60.0. The van der Waals surface area contributed by atoms with Crippen LogP contribution < -0.4 is 0 Å². The van der Waals surface area contributed by atoms with Crippen LogP contribution in [-0.2, 0) is 16.6 Å². The first-order chi connectivity index (χ1) is 7.42. The lowest BCUT2D eigenvalue weighted by atomic mass is 10.2. The van der Waals surface area contributed by atoms with Crippen molar-refractivity contribution in [2.45, 2.75) is 18.1 Å². The predicted octanol–water partition coefficient (Wildman–Crippen LogP) is 2.84. The molecular weight excluding hydrogens is 244 g/mol. The highest BCUT2D eigenvalue weighted by Crippen LogP contribution is 2.24. The van der Waals surface area contributed by atoms with Crippen molar-refractivity contribution in [3.8, 4) is 0 Å². The first-order valence-electron chi connectivity index (χ1n) is 4.46. The molecule has 1 rings (SSSR count). The summed E-state index contributed by atoms with van der Waals surface area (Å²) in [5.74, 6) is -5.62. The molecule has 0 fully saturated rings. The highest BCUT2D eigenvalue weighted by molar-refractivity contribution is 7.84. The molecule has 0 bridgehead atoms. The van der Waals surface area contributed by atoms with Gasteiger partial charge in [-0.15, -0.1) is 0 Å². The minimum Gasteiger partial charge on any atom is -0.259 e. The van der Waals surface area contributed by atoms with Gasteiger partial charge < -0.3 is 0 Å². The Balaban J connectivity index is 2.55. The fourth-order valence-corrected chi connectivity index (χ4v) is 2.31. The molecule has 1 aromatic rings. The quantitative estimate of drug-likeness (QED) is 0.738. The average molecular weight is 254 g/mol. The molecule has 0 heterocycles. The molecule has 0 amide bonds. The maximum Gasteiger partial charge on any atom is 0.318 e. The van der Waals surface area contributed by atoms with Gasteiger partial charge in [0.2, 0.25) is 0 Å². The molecule has 6 heteroatoms. The molecule has 0 aromatic heterocycles. The Kier molecular flexibility index (Phi) is 4.46. The molecular formula is C10H10F4OS. The Morgan fingerprint density at radius 3 is 2.25 bits per heavy atom. The lowest BCUT2D eigenvalue weighted by Crippen LogP contribution is -2.33. The lowest BCUT2D eigenvalue weighted by molar-refractivity contribution is -0.110. The zero-order valence-corrected chi connectivity index (χ0v) is 9.02. The lowest BCUT2D eigenvalue weighted by Gasteiger charge is -2.14. The molecule has 0 aliphatic carbocycles. The monoisotopic (exact) mass is 254 g/mol. The summed E-state index contributed by atoms with van der Waals surface area (Å²) in [7, 11) is -1.99. The van der Waals surface area contributed by atoms with E-state index in [4.69, 9.17) is 0 Å². The molecule has 1 atom stereocenters. The van der Waals surface area contributed by atoms with E-state index in [1.54, 1.807) is 30.3 Å². The van der Waals surface area contributed by atoms with Gasteiger partial charge in [-0.25, -0.2) is 8.78 Å². The van der Waals surface area contributed by atoms with Crippen molar-refractivity contribution in [1.29, 1.82) is 0 Å². The summed E-state index contributed by atoms with van der Waals surface area (Å²) in [6.45, 7) is 0. The number of alkyl halides is 4. The molecule has 1 aromatic carbocycles. The molecule has 1 nitrogen and oxygen atoms in total. The highest BCUT2D eigenvalue weighted by atomic mass is 32.2. The third-order valence-electron chi connectivity index (χ3n) is 1.84. The predicted molar refractivity (Wildman–Crippen MR) is 54.1 cm³/mol. The Hall–Kier alpha value is -0.910. The first kappa shape index (κ1) is 13.2. The average Bonchev–Trinajstić information content (AvgIpc) is 2.17. The fourth-order valence-electron chi connectivity index (χ4n) is 1.09. The number of rotatable bonds is 5. The van der Waals surface area contributed by atoms with E-state index in [9.17, 15) is 21.8 Å². The van der Waals surface area contributed by atoms with E-state index < -0.39 is 28.9 Å². The summed E-state index contributed by atoms with van der Waals surface area (Å²) in [5, 5.41) is 0. The normalized spacial score (nSPS) is 14.1. The summed E-state index contributed by atoms with van der Waals surface area (Å²) in [4.78, 5) is 0. The van der Waals surface area contributed by atoms with Crippen LogP contribution in [0.3, 0.4) is 0 Å². The largest absolute Gasteiger partial charge is 0.318 e. The third kappa shape index (κ3) is 3.92. The molecule has 0 saturated carbocycles. The van der Waals surface area contributed by atoms with E-state index >= 15 is 0 Å². The molecule has 0 saturated heterocycles. The van der Waals surface area contributed by atoms with Crippen molar-refractivity contribution in [3.05, 3.63) is 35.9 Å². The Labute approximate surface area is 92.9 Å². The van der Waals surface area contributed by atoms with Crippen molar-refractivity contribution in [1.82, 2.24) is 0 Å².